The van der Waals surface area contributed by atoms with Gasteiger partial charge >= 0.3 is 6.18 Å². The van der Waals surface area contributed by atoms with Crippen molar-refractivity contribution in [3.05, 3.63) is 76.9 Å². The molecule has 8 heteroatoms. The maximum absolute atomic E-state index is 13.5. The highest BCUT2D eigenvalue weighted by Crippen LogP contribution is 2.38. The van der Waals surface area contributed by atoms with Crippen LogP contribution >= 0.6 is 11.6 Å². The van der Waals surface area contributed by atoms with E-state index in [0.717, 1.165) is 59.5 Å². The highest BCUT2D eigenvalue weighted by atomic mass is 35.5. The van der Waals surface area contributed by atoms with Gasteiger partial charge in [0.1, 0.15) is 0 Å². The molecule has 0 saturated carbocycles. The normalized spacial score (nSPS) is 16.5. The lowest BCUT2D eigenvalue weighted by atomic mass is 10.0. The molecule has 4 nitrogen and oxygen atoms in total. The van der Waals surface area contributed by atoms with Gasteiger partial charge in [-0.15, -0.1) is 0 Å². The quantitative estimate of drug-likeness (QED) is 0.353. The molecule has 34 heavy (non-hydrogen) atoms. The van der Waals surface area contributed by atoms with Crippen LogP contribution in [0.5, 0.6) is 0 Å². The smallest absolute Gasteiger partial charge is 0.394 e. The van der Waals surface area contributed by atoms with Gasteiger partial charge in [0.2, 0.25) is 0 Å². The number of fused-ring (bicyclic) bond motifs is 1. The number of halogens is 4. The number of hydrogen-bond donors (Lipinski definition) is 1. The average Bonchev–Trinajstić information content (AvgIpc) is 3.42. The zero-order valence-electron chi connectivity index (χ0n) is 18.5. The molecule has 1 aliphatic heterocycles. The molecule has 1 fully saturated rings. The van der Waals surface area contributed by atoms with E-state index < -0.39 is 11.7 Å². The number of aryl methyl sites for hydroxylation is 1. The number of benzene rings is 2. The van der Waals surface area contributed by atoms with Gasteiger partial charge in [0, 0.05) is 28.4 Å². The van der Waals surface area contributed by atoms with E-state index in [2.05, 4.69) is 4.90 Å². The Balaban J connectivity index is 1.78. The van der Waals surface area contributed by atoms with Crippen LogP contribution in [0.4, 0.5) is 18.9 Å². The Morgan fingerprint density at radius 3 is 2.53 bits per heavy atom. The Kier molecular flexibility index (Phi) is 5.78. The van der Waals surface area contributed by atoms with Gasteiger partial charge in [0.25, 0.3) is 0 Å². The van der Waals surface area contributed by atoms with Crippen molar-refractivity contribution in [3.63, 3.8) is 0 Å². The van der Waals surface area contributed by atoms with Gasteiger partial charge in [-0.05, 0) is 61.7 Å². The van der Waals surface area contributed by atoms with Crippen LogP contribution in [0.1, 0.15) is 24.1 Å². The maximum atomic E-state index is 13.5. The molecule has 1 unspecified atom stereocenters. The molecule has 176 valence electrons. The van der Waals surface area contributed by atoms with Crippen molar-refractivity contribution in [2.24, 2.45) is 0 Å². The number of anilines is 1. The van der Waals surface area contributed by atoms with Crippen LogP contribution in [0.3, 0.4) is 0 Å². The van der Waals surface area contributed by atoms with E-state index in [1.807, 2.05) is 31.2 Å². The topological polar surface area (TPSA) is 40.8 Å². The number of aliphatic hydroxyl groups is 1. The van der Waals surface area contributed by atoms with Gasteiger partial charge in [0.15, 0.2) is 0 Å². The summed E-state index contributed by atoms with van der Waals surface area (Å²) in [4.78, 5) is 2.13. The molecule has 0 radical (unpaired) electrons. The van der Waals surface area contributed by atoms with E-state index in [-0.39, 0.29) is 12.6 Å². The molecule has 0 bridgehead atoms. The summed E-state index contributed by atoms with van der Waals surface area (Å²) in [6.45, 7) is 2.68. The van der Waals surface area contributed by atoms with Crippen LogP contribution < -0.4 is 4.90 Å². The van der Waals surface area contributed by atoms with E-state index in [4.69, 9.17) is 16.7 Å². The standard InChI is InChI=1S/C26H23ClF3N3O/c1-16-25(17-7-9-20(27)10-8-17)24-14-22(32-11-3-6-21(32)15-34)13-23(33(24)31-16)18-4-2-5-19(12-18)26(28,29)30/h2,4-5,7-10,12-14,21,34H,3,6,11,15H2,1H3. The van der Waals surface area contributed by atoms with Gasteiger partial charge in [-0.2, -0.15) is 18.3 Å². The van der Waals surface area contributed by atoms with E-state index >= 15 is 0 Å². The third-order valence-corrected chi connectivity index (χ3v) is 6.68. The number of alkyl halides is 3. The van der Waals surface area contributed by atoms with Crippen molar-refractivity contribution in [1.29, 1.82) is 0 Å². The lowest BCUT2D eigenvalue weighted by Gasteiger charge is -2.26. The van der Waals surface area contributed by atoms with Crippen LogP contribution in [0.25, 0.3) is 27.9 Å². The Bertz CT molecular complexity index is 1350. The van der Waals surface area contributed by atoms with Gasteiger partial charge in [0.05, 0.1) is 35.1 Å². The second kappa shape index (κ2) is 8.64. The summed E-state index contributed by atoms with van der Waals surface area (Å²) in [6, 6.07) is 16.6. The van der Waals surface area contributed by atoms with E-state index in [1.165, 1.54) is 6.07 Å². The van der Waals surface area contributed by atoms with Crippen LogP contribution in [0.2, 0.25) is 5.02 Å². The minimum absolute atomic E-state index is 0.0202. The maximum Gasteiger partial charge on any atom is 0.416 e. The molecular formula is C26H23ClF3N3O. The fraction of sp³-hybridized carbons (Fsp3) is 0.269. The Morgan fingerprint density at radius 1 is 1.06 bits per heavy atom. The number of nitrogens with zero attached hydrogens (tertiary/aromatic N) is 3. The molecule has 2 aromatic carbocycles. The molecule has 3 heterocycles. The fourth-order valence-electron chi connectivity index (χ4n) is 4.81. The van der Waals surface area contributed by atoms with Crippen molar-refractivity contribution >= 4 is 22.8 Å². The van der Waals surface area contributed by atoms with Crippen LogP contribution in [0.15, 0.2) is 60.7 Å². The average molecular weight is 486 g/mol. The van der Waals surface area contributed by atoms with E-state index in [9.17, 15) is 18.3 Å². The fourth-order valence-corrected chi connectivity index (χ4v) is 4.94. The number of aliphatic hydroxyl groups excluding tert-OH is 1. The molecule has 1 atom stereocenters. The van der Waals surface area contributed by atoms with Crippen molar-refractivity contribution in [2.45, 2.75) is 32.0 Å². The number of aromatic nitrogens is 2. The molecule has 0 amide bonds. The summed E-state index contributed by atoms with van der Waals surface area (Å²) in [5, 5.41) is 15.2. The van der Waals surface area contributed by atoms with Crippen molar-refractivity contribution in [2.75, 3.05) is 18.1 Å². The van der Waals surface area contributed by atoms with Crippen molar-refractivity contribution in [3.8, 4) is 22.4 Å². The molecule has 1 aliphatic rings. The van der Waals surface area contributed by atoms with Crippen LogP contribution in [-0.2, 0) is 6.18 Å². The molecule has 5 rings (SSSR count). The molecule has 1 N–H and O–H groups in total. The van der Waals surface area contributed by atoms with E-state index in [1.54, 1.807) is 22.7 Å². The number of hydrogen-bond acceptors (Lipinski definition) is 3. The summed E-state index contributed by atoms with van der Waals surface area (Å²) in [6.07, 6.45) is -2.64. The third kappa shape index (κ3) is 4.03. The second-order valence-electron chi connectivity index (χ2n) is 8.61. The molecule has 1 saturated heterocycles. The summed E-state index contributed by atoms with van der Waals surface area (Å²) in [7, 11) is 0. The third-order valence-electron chi connectivity index (χ3n) is 6.43. The van der Waals surface area contributed by atoms with Crippen molar-refractivity contribution < 1.29 is 18.3 Å². The van der Waals surface area contributed by atoms with Crippen LogP contribution in [0, 0.1) is 6.92 Å². The van der Waals surface area contributed by atoms with Crippen LogP contribution in [-0.4, -0.2) is 33.9 Å². The van der Waals surface area contributed by atoms with Gasteiger partial charge in [-0.1, -0.05) is 35.9 Å². The molecule has 0 aliphatic carbocycles. The van der Waals surface area contributed by atoms with Gasteiger partial charge < -0.3 is 10.0 Å². The summed E-state index contributed by atoms with van der Waals surface area (Å²) in [5.74, 6) is 0. The number of rotatable bonds is 4. The minimum atomic E-state index is -4.45. The lowest BCUT2D eigenvalue weighted by Crippen LogP contribution is -2.32. The summed E-state index contributed by atoms with van der Waals surface area (Å²) in [5.41, 5.74) is 4.49. The zero-order chi connectivity index (χ0) is 24.0. The Labute approximate surface area is 200 Å². The number of pyridine rings is 1. The van der Waals surface area contributed by atoms with Crippen molar-refractivity contribution in [1.82, 2.24) is 9.61 Å². The Hall–Kier alpha value is -3.03. The van der Waals surface area contributed by atoms with Gasteiger partial charge in [-0.25, -0.2) is 4.52 Å². The second-order valence-corrected chi connectivity index (χ2v) is 9.05. The minimum Gasteiger partial charge on any atom is -0.394 e. The SMILES string of the molecule is Cc1nn2c(-c3cccc(C(F)(F)F)c3)cc(N3CCCC3CO)cc2c1-c1ccc(Cl)cc1. The first-order chi connectivity index (χ1) is 16.3. The molecule has 2 aromatic heterocycles. The zero-order valence-corrected chi connectivity index (χ0v) is 19.2. The summed E-state index contributed by atoms with van der Waals surface area (Å²) >= 11 is 6.09. The monoisotopic (exact) mass is 485 g/mol. The summed E-state index contributed by atoms with van der Waals surface area (Å²) < 4.78 is 42.1. The molecule has 0 spiro atoms. The predicted octanol–water partition coefficient (Wildman–Crippen LogP) is 6.61. The highest BCUT2D eigenvalue weighted by Gasteiger charge is 2.31. The predicted molar refractivity (Wildman–Crippen MR) is 128 cm³/mol. The van der Waals surface area contributed by atoms with E-state index in [0.29, 0.717) is 16.3 Å². The van der Waals surface area contributed by atoms with Gasteiger partial charge in [-0.3, -0.25) is 0 Å². The first kappa shape index (κ1) is 22.7. The molecule has 4 aromatic rings. The first-order valence-corrected chi connectivity index (χ1v) is 11.5. The highest BCUT2D eigenvalue weighted by molar-refractivity contribution is 6.30. The lowest BCUT2D eigenvalue weighted by molar-refractivity contribution is -0.137. The molecular weight excluding hydrogens is 463 g/mol. The Morgan fingerprint density at radius 2 is 1.82 bits per heavy atom. The largest absolute Gasteiger partial charge is 0.416 e. The first-order valence-electron chi connectivity index (χ1n) is 11.1.